The average Bonchev–Trinajstić information content (AvgIpc) is 2.75. The van der Waals surface area contributed by atoms with E-state index in [1.807, 2.05) is 6.07 Å². The highest BCUT2D eigenvalue weighted by atomic mass is 16.5. The van der Waals surface area contributed by atoms with E-state index in [0.717, 1.165) is 5.76 Å². The second kappa shape index (κ2) is 2.95. The molecule has 3 heterocycles. The van der Waals surface area contributed by atoms with Crippen LogP contribution in [0.25, 0.3) is 6.08 Å². The number of nitrogens with zero attached hydrogens (tertiary/aromatic N) is 2. The molecule has 14 heavy (non-hydrogen) atoms. The molecule has 1 atom stereocenters. The minimum atomic E-state index is 0.368. The van der Waals surface area contributed by atoms with Crippen LogP contribution >= 0.6 is 0 Å². The maximum atomic E-state index is 5.04. The molecule has 1 aromatic rings. The minimum Gasteiger partial charge on any atom is -0.357 e. The lowest BCUT2D eigenvalue weighted by molar-refractivity contribution is 0.0720. The molecule has 2 aliphatic heterocycles. The van der Waals surface area contributed by atoms with Crippen molar-refractivity contribution in [2.24, 2.45) is 0 Å². The molecule has 74 valence electrons. The highest BCUT2D eigenvalue weighted by molar-refractivity contribution is 5.45. The van der Waals surface area contributed by atoms with Crippen molar-refractivity contribution in [3.8, 4) is 0 Å². The molecule has 0 bridgehead atoms. The summed E-state index contributed by atoms with van der Waals surface area (Å²) in [7, 11) is 0. The molecule has 3 nitrogen and oxygen atoms in total. The molecule has 1 aromatic heterocycles. The van der Waals surface area contributed by atoms with E-state index in [4.69, 9.17) is 4.52 Å². The van der Waals surface area contributed by atoms with Gasteiger partial charge in [-0.1, -0.05) is 11.2 Å². The third kappa shape index (κ3) is 1.12. The van der Waals surface area contributed by atoms with Gasteiger partial charge in [0.05, 0.1) is 6.20 Å². The summed E-state index contributed by atoms with van der Waals surface area (Å²) in [5.74, 6) is 0.859. The SMILES string of the molecule is C(=CC12CCCN1CC2)c1ccno1. The second-order valence-electron chi connectivity index (χ2n) is 4.19. The Labute approximate surface area is 83.4 Å². The first-order chi connectivity index (χ1) is 6.89. The molecule has 0 spiro atoms. The highest BCUT2D eigenvalue weighted by Gasteiger charge is 2.45. The first-order valence-corrected chi connectivity index (χ1v) is 5.24. The summed E-state index contributed by atoms with van der Waals surface area (Å²) in [6.07, 6.45) is 9.98. The van der Waals surface area contributed by atoms with Crippen molar-refractivity contribution < 1.29 is 4.52 Å². The summed E-state index contributed by atoms with van der Waals surface area (Å²) < 4.78 is 5.04. The Hall–Kier alpha value is -1.09. The summed E-state index contributed by atoms with van der Waals surface area (Å²) in [5, 5.41) is 3.69. The molecule has 2 aliphatic rings. The van der Waals surface area contributed by atoms with Crippen molar-refractivity contribution in [2.75, 3.05) is 13.1 Å². The second-order valence-corrected chi connectivity index (χ2v) is 4.19. The van der Waals surface area contributed by atoms with Crippen molar-refractivity contribution in [2.45, 2.75) is 24.8 Å². The van der Waals surface area contributed by atoms with E-state index in [2.05, 4.69) is 22.2 Å². The lowest BCUT2D eigenvalue weighted by atomic mass is 9.84. The number of aromatic nitrogens is 1. The van der Waals surface area contributed by atoms with Gasteiger partial charge in [-0.25, -0.2) is 0 Å². The Kier molecular flexibility index (Phi) is 1.74. The highest BCUT2D eigenvalue weighted by Crippen LogP contribution is 2.41. The van der Waals surface area contributed by atoms with Gasteiger partial charge in [-0.3, -0.25) is 4.90 Å². The van der Waals surface area contributed by atoms with Crippen LogP contribution in [-0.2, 0) is 0 Å². The van der Waals surface area contributed by atoms with E-state index in [-0.39, 0.29) is 0 Å². The average molecular weight is 190 g/mol. The van der Waals surface area contributed by atoms with Crippen LogP contribution in [0.4, 0.5) is 0 Å². The first kappa shape index (κ1) is 8.24. The van der Waals surface area contributed by atoms with Crippen molar-refractivity contribution >= 4 is 6.08 Å². The number of hydrogen-bond donors (Lipinski definition) is 0. The Morgan fingerprint density at radius 1 is 1.43 bits per heavy atom. The summed E-state index contributed by atoms with van der Waals surface area (Å²) in [4.78, 5) is 2.56. The van der Waals surface area contributed by atoms with Gasteiger partial charge in [0.25, 0.3) is 0 Å². The standard InChI is InChI=1S/C11H14N2O/c1-4-11(6-9-13(11)8-1)5-2-10-3-7-12-14-10/h2-3,5,7H,1,4,6,8-9H2. The molecule has 2 saturated heterocycles. The third-order valence-corrected chi connectivity index (χ3v) is 3.50. The predicted molar refractivity (Wildman–Crippen MR) is 53.7 cm³/mol. The van der Waals surface area contributed by atoms with Crippen LogP contribution in [0, 0.1) is 0 Å². The molecule has 3 rings (SSSR count). The maximum absolute atomic E-state index is 5.04. The van der Waals surface area contributed by atoms with Crippen LogP contribution in [-0.4, -0.2) is 28.7 Å². The smallest absolute Gasteiger partial charge is 0.159 e. The molecule has 0 N–H and O–H groups in total. The van der Waals surface area contributed by atoms with Gasteiger partial charge in [-0.15, -0.1) is 0 Å². The zero-order valence-corrected chi connectivity index (χ0v) is 8.15. The summed E-state index contributed by atoms with van der Waals surface area (Å²) in [6, 6.07) is 1.89. The number of rotatable bonds is 2. The quantitative estimate of drug-likeness (QED) is 0.713. The normalized spacial score (nSPS) is 32.0. The minimum absolute atomic E-state index is 0.368. The number of hydrogen-bond acceptors (Lipinski definition) is 3. The summed E-state index contributed by atoms with van der Waals surface area (Å²) in [5.41, 5.74) is 0.368. The molecule has 2 fully saturated rings. The van der Waals surface area contributed by atoms with Crippen molar-refractivity contribution in [3.05, 3.63) is 24.1 Å². The van der Waals surface area contributed by atoms with Gasteiger partial charge in [0.2, 0.25) is 0 Å². The topological polar surface area (TPSA) is 29.3 Å². The Morgan fingerprint density at radius 2 is 2.43 bits per heavy atom. The van der Waals surface area contributed by atoms with Crippen LogP contribution in [0.1, 0.15) is 25.0 Å². The van der Waals surface area contributed by atoms with E-state index in [0.29, 0.717) is 5.54 Å². The van der Waals surface area contributed by atoms with Crippen LogP contribution in [0.3, 0.4) is 0 Å². The first-order valence-electron chi connectivity index (χ1n) is 5.24. The number of fused-ring (bicyclic) bond motifs is 1. The van der Waals surface area contributed by atoms with Crippen LogP contribution < -0.4 is 0 Å². The van der Waals surface area contributed by atoms with Gasteiger partial charge in [-0.2, -0.15) is 0 Å². The van der Waals surface area contributed by atoms with Gasteiger partial charge >= 0.3 is 0 Å². The van der Waals surface area contributed by atoms with Crippen LogP contribution in [0.15, 0.2) is 22.9 Å². The third-order valence-electron chi connectivity index (χ3n) is 3.50. The van der Waals surface area contributed by atoms with Gasteiger partial charge in [0.15, 0.2) is 5.76 Å². The monoisotopic (exact) mass is 190 g/mol. The lowest BCUT2D eigenvalue weighted by Crippen LogP contribution is -2.53. The van der Waals surface area contributed by atoms with Crippen LogP contribution in [0.5, 0.6) is 0 Å². The molecular weight excluding hydrogens is 176 g/mol. The molecule has 0 aliphatic carbocycles. The molecule has 1 unspecified atom stereocenters. The van der Waals surface area contributed by atoms with Crippen molar-refractivity contribution in [3.63, 3.8) is 0 Å². The molecular formula is C11H14N2O. The Bertz CT molecular complexity index is 344. The molecule has 0 saturated carbocycles. The van der Waals surface area contributed by atoms with E-state index in [1.54, 1.807) is 6.20 Å². The predicted octanol–water partition coefficient (Wildman–Crippen LogP) is 1.93. The maximum Gasteiger partial charge on any atom is 0.159 e. The van der Waals surface area contributed by atoms with Gasteiger partial charge in [0, 0.05) is 18.2 Å². The summed E-state index contributed by atoms with van der Waals surface area (Å²) >= 11 is 0. The molecule has 0 aromatic carbocycles. The Balaban J connectivity index is 1.78. The fourth-order valence-corrected chi connectivity index (χ4v) is 2.57. The molecule has 0 amide bonds. The fraction of sp³-hybridized carbons (Fsp3) is 0.545. The zero-order valence-electron chi connectivity index (χ0n) is 8.15. The summed E-state index contributed by atoms with van der Waals surface area (Å²) in [6.45, 7) is 2.53. The largest absolute Gasteiger partial charge is 0.357 e. The Morgan fingerprint density at radius 3 is 3.07 bits per heavy atom. The van der Waals surface area contributed by atoms with Gasteiger partial charge in [0.1, 0.15) is 0 Å². The van der Waals surface area contributed by atoms with E-state index in [9.17, 15) is 0 Å². The fourth-order valence-electron chi connectivity index (χ4n) is 2.57. The van der Waals surface area contributed by atoms with Crippen molar-refractivity contribution in [1.29, 1.82) is 0 Å². The van der Waals surface area contributed by atoms with Gasteiger partial charge < -0.3 is 4.52 Å². The zero-order chi connectivity index (χ0) is 9.43. The van der Waals surface area contributed by atoms with Gasteiger partial charge in [-0.05, 0) is 31.9 Å². The van der Waals surface area contributed by atoms with Crippen molar-refractivity contribution in [1.82, 2.24) is 10.1 Å². The molecule has 0 radical (unpaired) electrons. The van der Waals surface area contributed by atoms with Crippen LogP contribution in [0.2, 0.25) is 0 Å². The van der Waals surface area contributed by atoms with E-state index >= 15 is 0 Å². The lowest BCUT2D eigenvalue weighted by Gasteiger charge is -2.46. The molecule has 3 heteroatoms. The van der Waals surface area contributed by atoms with E-state index < -0.39 is 0 Å². The van der Waals surface area contributed by atoms with E-state index in [1.165, 1.54) is 32.4 Å².